The summed E-state index contributed by atoms with van der Waals surface area (Å²) in [5.41, 5.74) is 2.37. The Morgan fingerprint density at radius 1 is 1.12 bits per heavy atom. The van der Waals surface area contributed by atoms with Crippen LogP contribution >= 0.6 is 23.1 Å². The van der Waals surface area contributed by atoms with Gasteiger partial charge in [0.05, 0.1) is 29.0 Å². The van der Waals surface area contributed by atoms with Gasteiger partial charge in [0, 0.05) is 4.88 Å². The van der Waals surface area contributed by atoms with Crippen molar-refractivity contribution < 1.29 is 9.59 Å². The monoisotopic (exact) mass is 372 g/mol. The number of para-hydroxylation sites is 2. The fourth-order valence-electron chi connectivity index (χ4n) is 2.13. The number of carbonyl (C=O) groups is 2. The zero-order valence-corrected chi connectivity index (χ0v) is 15.1. The highest BCUT2D eigenvalue weighted by atomic mass is 32.2. The molecule has 0 saturated carbocycles. The molecule has 3 rings (SSSR count). The molecular formula is C17H16N4O2S2. The van der Waals surface area contributed by atoms with Crippen LogP contribution in [-0.4, -0.2) is 27.7 Å². The number of thioether (sulfide) groups is 1. The van der Waals surface area contributed by atoms with E-state index in [1.165, 1.54) is 11.8 Å². The van der Waals surface area contributed by atoms with Crippen LogP contribution < -0.4 is 10.6 Å². The van der Waals surface area contributed by atoms with E-state index >= 15 is 0 Å². The van der Waals surface area contributed by atoms with Crippen LogP contribution in [0.15, 0.2) is 46.8 Å². The first-order chi connectivity index (χ1) is 12.1. The van der Waals surface area contributed by atoms with E-state index in [1.807, 2.05) is 48.7 Å². The Hall–Kier alpha value is -2.45. The third kappa shape index (κ3) is 4.77. The average Bonchev–Trinajstić information content (AvgIpc) is 3.11. The van der Waals surface area contributed by atoms with Gasteiger partial charge in [-0.15, -0.1) is 11.3 Å². The Morgan fingerprint density at radius 2 is 1.88 bits per heavy atom. The molecule has 6 nitrogen and oxygen atoms in total. The first kappa shape index (κ1) is 17.4. The van der Waals surface area contributed by atoms with Crippen LogP contribution in [0.1, 0.15) is 10.6 Å². The van der Waals surface area contributed by atoms with Gasteiger partial charge in [-0.25, -0.2) is 14.8 Å². The van der Waals surface area contributed by atoms with Crippen LogP contribution in [0.5, 0.6) is 0 Å². The lowest BCUT2D eigenvalue weighted by Gasteiger charge is -2.07. The standard InChI is InChI=1S/C17H16N4O2S2/c1-11-16(20-14-7-3-2-6-13(14)19-11)25-10-15(22)21-17(23)18-9-12-5-4-8-24-12/h2-8H,9-10H2,1H3,(H2,18,21,22,23). The van der Waals surface area contributed by atoms with E-state index in [0.717, 1.165) is 21.6 Å². The van der Waals surface area contributed by atoms with Crippen molar-refractivity contribution >= 4 is 46.1 Å². The molecule has 8 heteroatoms. The number of hydrogen-bond donors (Lipinski definition) is 2. The second-order valence-electron chi connectivity index (χ2n) is 5.20. The summed E-state index contributed by atoms with van der Waals surface area (Å²) >= 11 is 2.81. The Morgan fingerprint density at radius 3 is 2.60 bits per heavy atom. The minimum Gasteiger partial charge on any atom is -0.333 e. The van der Waals surface area contributed by atoms with Crippen molar-refractivity contribution in [3.8, 4) is 0 Å². The van der Waals surface area contributed by atoms with Crippen LogP contribution in [0.2, 0.25) is 0 Å². The molecule has 0 atom stereocenters. The second kappa shape index (κ2) is 8.09. The second-order valence-corrected chi connectivity index (χ2v) is 7.20. The van der Waals surface area contributed by atoms with Crippen molar-refractivity contribution in [3.63, 3.8) is 0 Å². The van der Waals surface area contributed by atoms with Crippen LogP contribution in [0.3, 0.4) is 0 Å². The quantitative estimate of drug-likeness (QED) is 0.672. The van der Waals surface area contributed by atoms with Gasteiger partial charge in [-0.3, -0.25) is 10.1 Å². The van der Waals surface area contributed by atoms with E-state index in [9.17, 15) is 9.59 Å². The summed E-state index contributed by atoms with van der Waals surface area (Å²) in [6.07, 6.45) is 0. The van der Waals surface area contributed by atoms with Crippen molar-refractivity contribution in [1.29, 1.82) is 0 Å². The molecule has 0 radical (unpaired) electrons. The maximum atomic E-state index is 11.9. The molecule has 3 aromatic rings. The number of fused-ring (bicyclic) bond motifs is 1. The van der Waals surface area contributed by atoms with Gasteiger partial charge in [0.15, 0.2) is 0 Å². The highest BCUT2D eigenvalue weighted by Crippen LogP contribution is 2.21. The van der Waals surface area contributed by atoms with Gasteiger partial charge in [0.1, 0.15) is 5.03 Å². The van der Waals surface area contributed by atoms with E-state index in [0.29, 0.717) is 11.6 Å². The third-order valence-electron chi connectivity index (χ3n) is 3.30. The number of carbonyl (C=O) groups excluding carboxylic acids is 2. The predicted octanol–water partition coefficient (Wildman–Crippen LogP) is 3.12. The maximum Gasteiger partial charge on any atom is 0.321 e. The van der Waals surface area contributed by atoms with Crippen molar-refractivity contribution in [1.82, 2.24) is 20.6 Å². The summed E-state index contributed by atoms with van der Waals surface area (Å²) in [7, 11) is 0. The van der Waals surface area contributed by atoms with Crippen LogP contribution in [0.4, 0.5) is 4.79 Å². The number of rotatable bonds is 5. The molecule has 0 saturated heterocycles. The summed E-state index contributed by atoms with van der Waals surface area (Å²) in [6.45, 7) is 2.26. The normalized spacial score (nSPS) is 10.6. The SMILES string of the molecule is Cc1nc2ccccc2nc1SCC(=O)NC(=O)NCc1cccs1. The average molecular weight is 372 g/mol. The van der Waals surface area contributed by atoms with Crippen LogP contribution in [0, 0.1) is 6.92 Å². The van der Waals surface area contributed by atoms with Gasteiger partial charge in [0.2, 0.25) is 5.91 Å². The maximum absolute atomic E-state index is 11.9. The van der Waals surface area contributed by atoms with Gasteiger partial charge in [-0.1, -0.05) is 30.0 Å². The highest BCUT2D eigenvalue weighted by molar-refractivity contribution is 7.99. The van der Waals surface area contributed by atoms with Crippen LogP contribution in [0.25, 0.3) is 11.0 Å². The number of aromatic nitrogens is 2. The van der Waals surface area contributed by atoms with E-state index in [4.69, 9.17) is 0 Å². The molecule has 3 amide bonds. The lowest BCUT2D eigenvalue weighted by Crippen LogP contribution is -2.39. The smallest absolute Gasteiger partial charge is 0.321 e. The first-order valence-electron chi connectivity index (χ1n) is 7.58. The van der Waals surface area contributed by atoms with Crippen molar-refractivity contribution in [2.75, 3.05) is 5.75 Å². The molecule has 25 heavy (non-hydrogen) atoms. The molecule has 0 aliphatic heterocycles. The summed E-state index contributed by atoms with van der Waals surface area (Å²) in [5.74, 6) is -0.275. The van der Waals surface area contributed by atoms with Gasteiger partial charge in [-0.05, 0) is 30.5 Å². The van der Waals surface area contributed by atoms with Gasteiger partial charge >= 0.3 is 6.03 Å². The largest absolute Gasteiger partial charge is 0.333 e. The number of hydrogen-bond acceptors (Lipinski definition) is 6. The van der Waals surface area contributed by atoms with E-state index in [-0.39, 0.29) is 11.7 Å². The molecule has 0 spiro atoms. The Labute approximate surface area is 153 Å². The summed E-state index contributed by atoms with van der Waals surface area (Å²) < 4.78 is 0. The summed E-state index contributed by atoms with van der Waals surface area (Å²) in [4.78, 5) is 33.7. The number of aryl methyl sites for hydroxylation is 1. The molecule has 128 valence electrons. The number of amides is 3. The van der Waals surface area contributed by atoms with Crippen molar-refractivity contribution in [3.05, 3.63) is 52.3 Å². The minimum absolute atomic E-state index is 0.0975. The number of imide groups is 1. The molecule has 2 N–H and O–H groups in total. The van der Waals surface area contributed by atoms with Crippen molar-refractivity contribution in [2.45, 2.75) is 18.5 Å². The molecule has 2 aromatic heterocycles. The molecule has 0 unspecified atom stereocenters. The molecule has 0 aliphatic carbocycles. The molecular weight excluding hydrogens is 356 g/mol. The Kier molecular flexibility index (Phi) is 5.62. The Bertz CT molecular complexity index is 897. The molecule has 2 heterocycles. The summed E-state index contributed by atoms with van der Waals surface area (Å²) in [5, 5.41) is 7.59. The lowest BCUT2D eigenvalue weighted by molar-refractivity contribution is -0.117. The number of thiophene rings is 1. The number of nitrogens with zero attached hydrogens (tertiary/aromatic N) is 2. The van der Waals surface area contributed by atoms with E-state index in [2.05, 4.69) is 20.6 Å². The van der Waals surface area contributed by atoms with Crippen molar-refractivity contribution in [2.24, 2.45) is 0 Å². The highest BCUT2D eigenvalue weighted by Gasteiger charge is 2.11. The van der Waals surface area contributed by atoms with E-state index < -0.39 is 6.03 Å². The van der Waals surface area contributed by atoms with Gasteiger partial charge in [0.25, 0.3) is 0 Å². The van der Waals surface area contributed by atoms with E-state index in [1.54, 1.807) is 11.3 Å². The molecule has 0 aliphatic rings. The number of nitrogens with one attached hydrogen (secondary N) is 2. The third-order valence-corrected chi connectivity index (χ3v) is 5.24. The zero-order chi connectivity index (χ0) is 17.6. The topological polar surface area (TPSA) is 84.0 Å². The molecule has 0 fully saturated rings. The number of urea groups is 1. The fraction of sp³-hybridized carbons (Fsp3) is 0.176. The Balaban J connectivity index is 1.51. The zero-order valence-electron chi connectivity index (χ0n) is 13.5. The predicted molar refractivity (Wildman–Crippen MR) is 99.7 cm³/mol. The lowest BCUT2D eigenvalue weighted by atomic mass is 10.3. The number of benzene rings is 1. The van der Waals surface area contributed by atoms with Gasteiger partial charge < -0.3 is 5.32 Å². The fourth-order valence-corrected chi connectivity index (χ4v) is 3.53. The first-order valence-corrected chi connectivity index (χ1v) is 9.44. The van der Waals surface area contributed by atoms with Crippen LogP contribution in [-0.2, 0) is 11.3 Å². The summed E-state index contributed by atoms with van der Waals surface area (Å²) in [6, 6.07) is 10.9. The molecule has 0 bridgehead atoms. The van der Waals surface area contributed by atoms with Gasteiger partial charge in [-0.2, -0.15) is 0 Å². The molecule has 1 aromatic carbocycles. The minimum atomic E-state index is -0.500.